The smallest absolute Gasteiger partial charge is 0.267 e. The Morgan fingerprint density at radius 3 is 2.40 bits per heavy atom. The second-order valence-electron chi connectivity index (χ2n) is 6.44. The van der Waals surface area contributed by atoms with Crippen LogP contribution in [0.1, 0.15) is 15.9 Å². The summed E-state index contributed by atoms with van der Waals surface area (Å²) in [5.74, 6) is -0.356. The number of rotatable bonds is 4. The highest BCUT2D eigenvalue weighted by atomic mass is 35.5. The van der Waals surface area contributed by atoms with Crippen LogP contribution in [0.3, 0.4) is 0 Å². The number of nitrogens with one attached hydrogen (secondary N) is 1. The molecule has 4 rings (SSSR count). The second kappa shape index (κ2) is 8.84. The van der Waals surface area contributed by atoms with E-state index in [1.807, 2.05) is 36.4 Å². The van der Waals surface area contributed by atoms with Gasteiger partial charge in [-0.2, -0.15) is 5.10 Å². The van der Waals surface area contributed by atoms with Gasteiger partial charge in [-0.25, -0.2) is 10.4 Å². The van der Waals surface area contributed by atoms with Crippen molar-refractivity contribution in [3.05, 3.63) is 99.0 Å². The van der Waals surface area contributed by atoms with Crippen molar-refractivity contribution in [3.8, 4) is 11.3 Å². The molecule has 3 aromatic carbocycles. The Bertz CT molecular complexity index is 1270. The molecule has 0 aliphatic carbocycles. The zero-order valence-corrected chi connectivity index (χ0v) is 17.7. The van der Waals surface area contributed by atoms with Crippen LogP contribution in [-0.4, -0.2) is 17.1 Å². The average molecular weight is 455 g/mol. The maximum Gasteiger partial charge on any atom is 0.272 e. The number of hydrogen-bond acceptors (Lipinski definition) is 3. The molecule has 1 aromatic heterocycles. The summed E-state index contributed by atoms with van der Waals surface area (Å²) in [6.07, 6.45) is 1.47. The summed E-state index contributed by atoms with van der Waals surface area (Å²) in [6.45, 7) is 0. The van der Waals surface area contributed by atoms with Gasteiger partial charge >= 0.3 is 0 Å². The van der Waals surface area contributed by atoms with Gasteiger partial charge < -0.3 is 0 Å². The maximum atomic E-state index is 12.9. The Labute approximate surface area is 188 Å². The third-order valence-electron chi connectivity index (χ3n) is 4.43. The highest BCUT2D eigenvalue weighted by molar-refractivity contribution is 6.36. The number of nitrogens with zero attached hydrogens (tertiary/aromatic N) is 2. The third-order valence-corrected chi connectivity index (χ3v) is 5.25. The normalized spacial score (nSPS) is 11.2. The van der Waals surface area contributed by atoms with Crippen molar-refractivity contribution in [2.75, 3.05) is 0 Å². The van der Waals surface area contributed by atoms with Crippen molar-refractivity contribution in [3.63, 3.8) is 0 Å². The van der Waals surface area contributed by atoms with Crippen LogP contribution in [-0.2, 0) is 0 Å². The van der Waals surface area contributed by atoms with Gasteiger partial charge in [0.05, 0.1) is 28.0 Å². The number of hydrazone groups is 1. The molecule has 0 spiro atoms. The van der Waals surface area contributed by atoms with Gasteiger partial charge in [0.2, 0.25) is 0 Å². The number of para-hydroxylation sites is 1. The fourth-order valence-corrected chi connectivity index (χ4v) is 3.54. The molecule has 4 aromatic rings. The Hall–Kier alpha value is -2.92. The van der Waals surface area contributed by atoms with E-state index in [1.54, 1.807) is 36.4 Å². The first-order valence-corrected chi connectivity index (χ1v) is 10.1. The minimum Gasteiger partial charge on any atom is -0.267 e. The van der Waals surface area contributed by atoms with E-state index in [-0.39, 0.29) is 5.91 Å². The Morgan fingerprint density at radius 1 is 0.900 bits per heavy atom. The molecule has 1 N–H and O–H groups in total. The van der Waals surface area contributed by atoms with Crippen molar-refractivity contribution in [1.82, 2.24) is 10.4 Å². The summed E-state index contributed by atoms with van der Waals surface area (Å²) in [6, 6.07) is 21.5. The number of aromatic nitrogens is 1. The van der Waals surface area contributed by atoms with E-state index in [9.17, 15) is 4.79 Å². The average Bonchev–Trinajstić information content (AvgIpc) is 2.75. The molecule has 1 heterocycles. The van der Waals surface area contributed by atoms with Gasteiger partial charge in [-0.1, -0.05) is 71.2 Å². The number of hydrogen-bond donors (Lipinski definition) is 1. The molecular weight excluding hydrogens is 441 g/mol. The van der Waals surface area contributed by atoms with Crippen LogP contribution in [0.25, 0.3) is 22.2 Å². The molecule has 0 unspecified atom stereocenters. The van der Waals surface area contributed by atoms with E-state index in [0.29, 0.717) is 37.4 Å². The minimum absolute atomic E-state index is 0.356. The maximum absolute atomic E-state index is 12.9. The van der Waals surface area contributed by atoms with Gasteiger partial charge in [0.1, 0.15) is 0 Å². The molecule has 0 saturated carbocycles. The van der Waals surface area contributed by atoms with Crippen molar-refractivity contribution in [2.45, 2.75) is 0 Å². The van der Waals surface area contributed by atoms with Crippen LogP contribution in [0.4, 0.5) is 0 Å². The molecule has 7 heteroatoms. The van der Waals surface area contributed by atoms with E-state index in [4.69, 9.17) is 34.8 Å². The standard InChI is InChI=1S/C23H14Cl3N3O/c24-16-8-5-14(6-9-16)22-12-19(18-3-1-2-4-21(18)28-22)23(30)29-27-13-15-7-10-17(25)11-20(15)26/h1-13H,(H,29,30)/b27-13+. The molecule has 0 aliphatic heterocycles. The lowest BCUT2D eigenvalue weighted by atomic mass is 10.0. The highest BCUT2D eigenvalue weighted by Gasteiger charge is 2.13. The molecule has 0 bridgehead atoms. The number of benzene rings is 3. The summed E-state index contributed by atoms with van der Waals surface area (Å²) in [4.78, 5) is 17.6. The summed E-state index contributed by atoms with van der Waals surface area (Å²) in [5.41, 5.74) is 5.90. The van der Waals surface area contributed by atoms with Crippen molar-refractivity contribution >= 4 is 57.8 Å². The Balaban J connectivity index is 1.67. The van der Waals surface area contributed by atoms with Crippen molar-refractivity contribution in [2.24, 2.45) is 5.10 Å². The van der Waals surface area contributed by atoms with E-state index in [2.05, 4.69) is 15.5 Å². The predicted molar refractivity (Wildman–Crippen MR) is 124 cm³/mol. The van der Waals surface area contributed by atoms with Crippen LogP contribution in [0.15, 0.2) is 77.9 Å². The molecule has 0 atom stereocenters. The first-order valence-electron chi connectivity index (χ1n) is 8.95. The molecule has 0 radical (unpaired) electrons. The number of carbonyl (C=O) groups is 1. The molecule has 0 fully saturated rings. The summed E-state index contributed by atoms with van der Waals surface area (Å²) >= 11 is 18.0. The lowest BCUT2D eigenvalue weighted by Gasteiger charge is -2.09. The summed E-state index contributed by atoms with van der Waals surface area (Å²) < 4.78 is 0. The fraction of sp³-hybridized carbons (Fsp3) is 0. The van der Waals surface area contributed by atoms with E-state index >= 15 is 0 Å². The number of fused-ring (bicyclic) bond motifs is 1. The summed E-state index contributed by atoms with van der Waals surface area (Å²) in [5, 5.41) is 6.37. The van der Waals surface area contributed by atoms with E-state index in [0.717, 1.165) is 10.9 Å². The Kier molecular flexibility index (Phi) is 6.00. The molecule has 4 nitrogen and oxygen atoms in total. The lowest BCUT2D eigenvalue weighted by molar-refractivity contribution is 0.0956. The largest absolute Gasteiger partial charge is 0.272 e. The predicted octanol–water partition coefficient (Wildman–Crippen LogP) is 6.63. The van der Waals surface area contributed by atoms with E-state index in [1.165, 1.54) is 6.21 Å². The molecular formula is C23H14Cl3N3O. The van der Waals surface area contributed by atoms with Crippen molar-refractivity contribution < 1.29 is 4.79 Å². The SMILES string of the molecule is O=C(N/N=C/c1ccc(Cl)cc1Cl)c1cc(-c2ccc(Cl)cc2)nc2ccccc12. The molecule has 1 amide bonds. The van der Waals surface area contributed by atoms with Crippen LogP contribution < -0.4 is 5.43 Å². The number of amides is 1. The molecule has 148 valence electrons. The number of halogens is 3. The fourth-order valence-electron chi connectivity index (χ4n) is 2.96. The zero-order chi connectivity index (χ0) is 21.1. The van der Waals surface area contributed by atoms with Crippen molar-refractivity contribution in [1.29, 1.82) is 0 Å². The third kappa shape index (κ3) is 4.46. The second-order valence-corrected chi connectivity index (χ2v) is 7.72. The first kappa shape index (κ1) is 20.4. The number of carbonyl (C=O) groups excluding carboxylic acids is 1. The van der Waals surface area contributed by atoms with E-state index < -0.39 is 0 Å². The number of pyridine rings is 1. The summed E-state index contributed by atoms with van der Waals surface area (Å²) in [7, 11) is 0. The van der Waals surface area contributed by atoms with Gasteiger partial charge in [-0.05, 0) is 36.4 Å². The van der Waals surface area contributed by atoms with Crippen LogP contribution >= 0.6 is 34.8 Å². The minimum atomic E-state index is -0.356. The van der Waals surface area contributed by atoms with Crippen LogP contribution in [0, 0.1) is 0 Å². The van der Waals surface area contributed by atoms with Gasteiger partial charge in [0, 0.05) is 26.6 Å². The first-order chi connectivity index (χ1) is 14.5. The van der Waals surface area contributed by atoms with Gasteiger partial charge in [-0.3, -0.25) is 4.79 Å². The highest BCUT2D eigenvalue weighted by Crippen LogP contribution is 2.26. The Morgan fingerprint density at radius 2 is 1.63 bits per heavy atom. The quantitative estimate of drug-likeness (QED) is 0.278. The molecule has 0 saturated heterocycles. The van der Waals surface area contributed by atoms with Crippen LogP contribution in [0.2, 0.25) is 15.1 Å². The monoisotopic (exact) mass is 453 g/mol. The van der Waals surface area contributed by atoms with Crippen LogP contribution in [0.5, 0.6) is 0 Å². The molecule has 0 aliphatic rings. The zero-order valence-electron chi connectivity index (χ0n) is 15.4. The van der Waals surface area contributed by atoms with Gasteiger partial charge in [0.15, 0.2) is 0 Å². The molecule has 30 heavy (non-hydrogen) atoms. The van der Waals surface area contributed by atoms with Gasteiger partial charge in [0.25, 0.3) is 5.91 Å². The topological polar surface area (TPSA) is 54.4 Å². The van der Waals surface area contributed by atoms with Gasteiger partial charge in [-0.15, -0.1) is 0 Å². The lowest BCUT2D eigenvalue weighted by Crippen LogP contribution is -2.18.